The highest BCUT2D eigenvalue weighted by Crippen LogP contribution is 2.67. The van der Waals surface area contributed by atoms with E-state index < -0.39 is 11.4 Å². The van der Waals surface area contributed by atoms with Crippen LogP contribution in [0.4, 0.5) is 0 Å². The molecule has 0 spiro atoms. The van der Waals surface area contributed by atoms with Crippen LogP contribution in [0.15, 0.2) is 0 Å². The van der Waals surface area contributed by atoms with Crippen molar-refractivity contribution in [1.82, 2.24) is 0 Å². The van der Waals surface area contributed by atoms with E-state index in [1.54, 1.807) is 20.8 Å². The lowest BCUT2D eigenvalue weighted by molar-refractivity contribution is -0.144. The Hall–Kier alpha value is -0.860. The first kappa shape index (κ1) is 8.24. The predicted molar refractivity (Wildman–Crippen MR) is 39.1 cm³/mol. The molecule has 0 heterocycles. The summed E-state index contributed by atoms with van der Waals surface area (Å²) in [6.45, 7) is 5.23. The molecule has 0 bridgehead atoms. The summed E-state index contributed by atoms with van der Waals surface area (Å²) in [5.74, 6) is -1.20. The van der Waals surface area contributed by atoms with Crippen LogP contribution in [0.25, 0.3) is 0 Å². The number of hydrogen-bond donors (Lipinski definition) is 1. The fourth-order valence-corrected chi connectivity index (χ4v) is 1.74. The van der Waals surface area contributed by atoms with E-state index in [4.69, 9.17) is 5.11 Å². The van der Waals surface area contributed by atoms with Gasteiger partial charge in [-0.3, -0.25) is 4.79 Å². The second-order valence-electron chi connectivity index (χ2n) is 3.84. The van der Waals surface area contributed by atoms with Gasteiger partial charge in [0.05, 0.1) is 5.41 Å². The molecule has 0 aromatic carbocycles. The van der Waals surface area contributed by atoms with Crippen LogP contribution in [-0.2, 0) is 9.59 Å². The smallest absolute Gasteiger partial charge is 0.310 e. The van der Waals surface area contributed by atoms with Gasteiger partial charge in [0.1, 0.15) is 6.29 Å². The second-order valence-corrected chi connectivity index (χ2v) is 3.84. The molecule has 0 aromatic heterocycles. The van der Waals surface area contributed by atoms with Crippen molar-refractivity contribution in [2.75, 3.05) is 0 Å². The second kappa shape index (κ2) is 1.84. The lowest BCUT2D eigenvalue weighted by Gasteiger charge is -2.06. The molecule has 1 fully saturated rings. The molecule has 1 aliphatic carbocycles. The van der Waals surface area contributed by atoms with Crippen LogP contribution in [0.2, 0.25) is 0 Å². The summed E-state index contributed by atoms with van der Waals surface area (Å²) in [6.07, 6.45) is 0.744. The number of carbonyl (C=O) groups is 2. The Morgan fingerprint density at radius 2 is 1.91 bits per heavy atom. The summed E-state index contributed by atoms with van der Waals surface area (Å²) in [5.41, 5.74) is -1.21. The van der Waals surface area contributed by atoms with E-state index in [1.807, 2.05) is 0 Å². The number of hydrogen-bond acceptors (Lipinski definition) is 2. The van der Waals surface area contributed by atoms with Gasteiger partial charge in [-0.1, -0.05) is 13.8 Å². The van der Waals surface area contributed by atoms with Gasteiger partial charge in [-0.2, -0.15) is 0 Å². The standard InChI is InChI=1S/C8H12O3/c1-7(2)5(4-9)8(7,3)6(10)11/h4-5H,1-3H3,(H,10,11)/t5?,8-/m0/s1. The van der Waals surface area contributed by atoms with Gasteiger partial charge in [0.25, 0.3) is 0 Å². The van der Waals surface area contributed by atoms with E-state index >= 15 is 0 Å². The van der Waals surface area contributed by atoms with Gasteiger partial charge < -0.3 is 9.90 Å². The van der Waals surface area contributed by atoms with Gasteiger partial charge in [-0.25, -0.2) is 0 Å². The van der Waals surface area contributed by atoms with Gasteiger partial charge in [-0.05, 0) is 12.3 Å². The zero-order valence-electron chi connectivity index (χ0n) is 6.92. The highest BCUT2D eigenvalue weighted by Gasteiger charge is 2.72. The van der Waals surface area contributed by atoms with Crippen molar-refractivity contribution in [3.8, 4) is 0 Å². The van der Waals surface area contributed by atoms with Crippen LogP contribution < -0.4 is 0 Å². The number of carboxylic acid groups (broad SMARTS) is 1. The van der Waals surface area contributed by atoms with E-state index in [9.17, 15) is 9.59 Å². The molecule has 0 amide bonds. The molecule has 0 aromatic rings. The van der Waals surface area contributed by atoms with Crippen molar-refractivity contribution in [2.24, 2.45) is 16.7 Å². The summed E-state index contributed by atoms with van der Waals surface area (Å²) < 4.78 is 0. The van der Waals surface area contributed by atoms with E-state index in [2.05, 4.69) is 0 Å². The number of carbonyl (C=O) groups excluding carboxylic acids is 1. The first-order chi connectivity index (χ1) is 4.89. The summed E-state index contributed by atoms with van der Waals surface area (Å²) in [4.78, 5) is 21.1. The van der Waals surface area contributed by atoms with Crippen molar-refractivity contribution in [3.05, 3.63) is 0 Å². The molecule has 1 unspecified atom stereocenters. The molecule has 2 atom stereocenters. The fraction of sp³-hybridized carbons (Fsp3) is 0.750. The largest absolute Gasteiger partial charge is 0.481 e. The Labute approximate surface area is 65.4 Å². The van der Waals surface area contributed by atoms with Crippen molar-refractivity contribution in [1.29, 1.82) is 0 Å². The first-order valence-corrected chi connectivity index (χ1v) is 3.57. The fourth-order valence-electron chi connectivity index (χ4n) is 1.74. The lowest BCUT2D eigenvalue weighted by atomic mass is 9.99. The minimum Gasteiger partial charge on any atom is -0.481 e. The summed E-state index contributed by atoms with van der Waals surface area (Å²) in [6, 6.07) is 0. The molecule has 62 valence electrons. The van der Waals surface area contributed by atoms with Gasteiger partial charge in [0.15, 0.2) is 0 Å². The summed E-state index contributed by atoms with van der Waals surface area (Å²) >= 11 is 0. The van der Waals surface area contributed by atoms with Crippen LogP contribution in [0.3, 0.4) is 0 Å². The van der Waals surface area contributed by atoms with Crippen LogP contribution in [0.1, 0.15) is 20.8 Å². The number of aliphatic carboxylic acids is 1. The molecule has 1 aliphatic rings. The SMILES string of the molecule is CC1(C)C(C=O)[C@@]1(C)C(=O)O. The van der Waals surface area contributed by atoms with Gasteiger partial charge in [0.2, 0.25) is 0 Å². The maximum Gasteiger partial charge on any atom is 0.310 e. The lowest BCUT2D eigenvalue weighted by Crippen LogP contribution is -2.17. The van der Waals surface area contributed by atoms with Gasteiger partial charge in [-0.15, -0.1) is 0 Å². The average Bonchev–Trinajstić information content (AvgIpc) is 2.29. The number of rotatable bonds is 2. The molecule has 1 saturated carbocycles. The Balaban J connectivity index is 2.95. The minimum absolute atomic E-state index is 0.326. The van der Waals surface area contributed by atoms with Crippen LogP contribution in [-0.4, -0.2) is 17.4 Å². The number of carboxylic acids is 1. The van der Waals surface area contributed by atoms with E-state index in [-0.39, 0.29) is 11.3 Å². The Morgan fingerprint density at radius 3 is 2.00 bits per heavy atom. The highest BCUT2D eigenvalue weighted by atomic mass is 16.4. The van der Waals surface area contributed by atoms with Crippen LogP contribution >= 0.6 is 0 Å². The van der Waals surface area contributed by atoms with E-state index in [1.165, 1.54) is 0 Å². The molecular weight excluding hydrogens is 144 g/mol. The predicted octanol–water partition coefficient (Wildman–Crippen LogP) is 0.932. The molecule has 3 nitrogen and oxygen atoms in total. The van der Waals surface area contributed by atoms with Crippen molar-refractivity contribution < 1.29 is 14.7 Å². The van der Waals surface area contributed by atoms with E-state index in [0.717, 1.165) is 6.29 Å². The zero-order valence-corrected chi connectivity index (χ0v) is 6.92. The zero-order chi connectivity index (χ0) is 8.86. The van der Waals surface area contributed by atoms with Crippen molar-refractivity contribution in [2.45, 2.75) is 20.8 Å². The maximum atomic E-state index is 10.7. The van der Waals surface area contributed by atoms with Crippen LogP contribution in [0.5, 0.6) is 0 Å². The van der Waals surface area contributed by atoms with Gasteiger partial charge >= 0.3 is 5.97 Å². The molecular formula is C8H12O3. The van der Waals surface area contributed by atoms with Crippen molar-refractivity contribution >= 4 is 12.3 Å². The third-order valence-electron chi connectivity index (χ3n) is 3.24. The Bertz CT molecular complexity index is 219. The first-order valence-electron chi connectivity index (χ1n) is 3.57. The summed E-state index contributed by atoms with van der Waals surface area (Å²) in [5, 5.41) is 8.79. The quantitative estimate of drug-likeness (QED) is 0.605. The monoisotopic (exact) mass is 156 g/mol. The molecule has 11 heavy (non-hydrogen) atoms. The van der Waals surface area contributed by atoms with Crippen LogP contribution in [0, 0.1) is 16.7 Å². The molecule has 0 radical (unpaired) electrons. The maximum absolute atomic E-state index is 10.7. The van der Waals surface area contributed by atoms with E-state index in [0.29, 0.717) is 0 Å². The molecule has 3 heteroatoms. The number of aldehydes is 1. The Morgan fingerprint density at radius 1 is 1.45 bits per heavy atom. The normalized spacial score (nSPS) is 39.7. The van der Waals surface area contributed by atoms with Crippen molar-refractivity contribution in [3.63, 3.8) is 0 Å². The topological polar surface area (TPSA) is 54.4 Å². The summed E-state index contributed by atoms with van der Waals surface area (Å²) in [7, 11) is 0. The third kappa shape index (κ3) is 0.682. The Kier molecular flexibility index (Phi) is 1.38. The van der Waals surface area contributed by atoms with Gasteiger partial charge in [0, 0.05) is 5.92 Å². The molecule has 1 N–H and O–H groups in total. The highest BCUT2D eigenvalue weighted by molar-refractivity contribution is 5.87. The molecule has 1 rings (SSSR count). The molecule has 0 saturated heterocycles. The molecule has 0 aliphatic heterocycles. The third-order valence-corrected chi connectivity index (χ3v) is 3.24. The average molecular weight is 156 g/mol. The minimum atomic E-state index is -0.875.